The van der Waals surface area contributed by atoms with E-state index in [4.69, 9.17) is 44.5 Å². The van der Waals surface area contributed by atoms with Crippen LogP contribution < -0.4 is 10.6 Å². The topological polar surface area (TPSA) is 104 Å². The number of likely N-dealkylation sites (tertiary alicyclic amines) is 1. The third kappa shape index (κ3) is 7.05. The molecule has 4 heterocycles. The highest BCUT2D eigenvalue weighted by molar-refractivity contribution is 6.35. The minimum Gasteiger partial charge on any atom is -0.444 e. The minimum absolute atomic E-state index is 0.0315. The van der Waals surface area contributed by atoms with Crippen LogP contribution in [0.4, 0.5) is 4.79 Å². The van der Waals surface area contributed by atoms with Gasteiger partial charge in [0.05, 0.1) is 23.8 Å². The fourth-order valence-corrected chi connectivity index (χ4v) is 9.30. The number of ether oxygens (including phenoxy) is 1. The van der Waals surface area contributed by atoms with Crippen LogP contribution in [0.1, 0.15) is 87.0 Å². The Hall–Kier alpha value is -4.02. The lowest BCUT2D eigenvalue weighted by molar-refractivity contribution is 0.0439. The van der Waals surface area contributed by atoms with Crippen molar-refractivity contribution >= 4 is 57.7 Å². The van der Waals surface area contributed by atoms with E-state index in [1.165, 1.54) is 0 Å². The average molecular weight is 774 g/mol. The zero-order chi connectivity index (χ0) is 37.0. The van der Waals surface area contributed by atoms with Crippen LogP contribution in [0.5, 0.6) is 0 Å². The van der Waals surface area contributed by atoms with Crippen LogP contribution in [0, 0.1) is 0 Å². The molecule has 276 valence electrons. The molecular formula is C41H43Cl3N6O3. The van der Waals surface area contributed by atoms with E-state index in [-0.39, 0.29) is 36.2 Å². The van der Waals surface area contributed by atoms with E-state index in [1.807, 2.05) is 81.7 Å². The fraction of sp³-hybridized carbons (Fsp3) is 0.390. The maximum atomic E-state index is 14.7. The molecule has 9 nitrogen and oxygen atoms in total. The highest BCUT2D eigenvalue weighted by atomic mass is 35.5. The maximum Gasteiger partial charge on any atom is 0.407 e. The van der Waals surface area contributed by atoms with Crippen molar-refractivity contribution in [2.45, 2.75) is 89.1 Å². The summed E-state index contributed by atoms with van der Waals surface area (Å²) < 4.78 is 7.60. The number of benzene rings is 3. The van der Waals surface area contributed by atoms with Crippen LogP contribution in [0.25, 0.3) is 33.4 Å². The number of carbonyl (C=O) groups excluding carboxylic acids is 2. The number of aromatic nitrogens is 3. The van der Waals surface area contributed by atoms with Crippen LogP contribution in [0.2, 0.25) is 15.1 Å². The minimum atomic E-state index is -0.537. The molecule has 1 aliphatic carbocycles. The molecular weight excluding hydrogens is 731 g/mol. The van der Waals surface area contributed by atoms with Crippen molar-refractivity contribution < 1.29 is 14.3 Å². The number of halogens is 3. The maximum absolute atomic E-state index is 14.7. The molecule has 2 fully saturated rings. The first-order valence-corrected chi connectivity index (χ1v) is 19.6. The van der Waals surface area contributed by atoms with Crippen molar-refractivity contribution in [2.75, 3.05) is 13.1 Å². The summed E-state index contributed by atoms with van der Waals surface area (Å²) in [5.74, 6) is -0.161. The number of hydrogen-bond donors (Lipinski definition) is 3. The Morgan fingerprint density at radius 3 is 2.38 bits per heavy atom. The molecule has 0 bridgehead atoms. The number of piperidine rings is 1. The number of alkyl carbamates (subject to hydrolysis) is 1. The van der Waals surface area contributed by atoms with Gasteiger partial charge in [0.25, 0.3) is 5.91 Å². The summed E-state index contributed by atoms with van der Waals surface area (Å²) in [6, 6.07) is 19.3. The quantitative estimate of drug-likeness (QED) is 0.156. The smallest absolute Gasteiger partial charge is 0.407 e. The van der Waals surface area contributed by atoms with Gasteiger partial charge in [-0.1, -0.05) is 84.0 Å². The summed E-state index contributed by atoms with van der Waals surface area (Å²) in [4.78, 5) is 38.1. The second-order valence-corrected chi connectivity index (χ2v) is 16.7. The van der Waals surface area contributed by atoms with Crippen LogP contribution in [0.3, 0.4) is 0 Å². The van der Waals surface area contributed by atoms with E-state index < -0.39 is 5.60 Å². The van der Waals surface area contributed by atoms with Crippen LogP contribution in [-0.2, 0) is 4.74 Å². The zero-order valence-electron chi connectivity index (χ0n) is 30.0. The predicted molar refractivity (Wildman–Crippen MR) is 211 cm³/mol. The number of hydrogen-bond acceptors (Lipinski definition) is 5. The van der Waals surface area contributed by atoms with E-state index in [1.54, 1.807) is 6.07 Å². The standard InChI is InChI=1S/C41H43Cl3N6O3/c1-41(2,3)53-40(52)46-26-15-17-49(18-16-26)32-12-8-7-11-30(32)48-39(51)36-34-33-28(19-25(43)21-31(33)47-36)37(27-14-13-24(42)20-29(27)44)50-22-45-35(38(34)50)23-9-5-4-6-10-23/h4-6,9-10,13-14,19-22,26,30,32,37,47H,7-8,11-12,15-18H2,1-3H3,(H,46,52)(H,48,51). The Labute approximate surface area is 324 Å². The summed E-state index contributed by atoms with van der Waals surface area (Å²) in [7, 11) is 0. The molecule has 1 saturated heterocycles. The molecule has 1 saturated carbocycles. The molecule has 2 aromatic heterocycles. The number of fused-ring (bicyclic) bond motifs is 2. The fourth-order valence-electron chi connectivity index (χ4n) is 8.56. The number of rotatable bonds is 6. The molecule has 2 aliphatic heterocycles. The number of nitrogens with one attached hydrogen (secondary N) is 3. The molecule has 0 radical (unpaired) electrons. The summed E-state index contributed by atoms with van der Waals surface area (Å²) in [6.07, 6.45) is 7.17. The monoisotopic (exact) mass is 772 g/mol. The highest BCUT2D eigenvalue weighted by Gasteiger charge is 2.39. The second-order valence-electron chi connectivity index (χ2n) is 15.5. The second kappa shape index (κ2) is 14.3. The summed E-state index contributed by atoms with van der Waals surface area (Å²) in [6.45, 7) is 7.29. The molecule has 3 unspecified atom stereocenters. The third-order valence-electron chi connectivity index (χ3n) is 10.8. The van der Waals surface area contributed by atoms with Crippen molar-refractivity contribution in [3.05, 3.63) is 98.9 Å². The Kier molecular flexibility index (Phi) is 9.72. The van der Waals surface area contributed by atoms with Gasteiger partial charge in [-0.2, -0.15) is 0 Å². The normalized spacial score (nSPS) is 20.6. The predicted octanol–water partition coefficient (Wildman–Crippen LogP) is 9.64. The van der Waals surface area contributed by atoms with E-state index in [0.717, 1.165) is 96.2 Å². The lowest BCUT2D eigenvalue weighted by atomic mass is 9.86. The number of amides is 2. The van der Waals surface area contributed by atoms with E-state index in [9.17, 15) is 9.59 Å². The lowest BCUT2D eigenvalue weighted by Crippen LogP contribution is -2.56. The molecule has 3 aromatic carbocycles. The Balaban J connectivity index is 1.14. The third-order valence-corrected chi connectivity index (χ3v) is 11.6. The first-order valence-electron chi connectivity index (χ1n) is 18.4. The molecule has 0 spiro atoms. The largest absolute Gasteiger partial charge is 0.444 e. The van der Waals surface area contributed by atoms with Gasteiger partial charge in [0.1, 0.15) is 11.3 Å². The van der Waals surface area contributed by atoms with Crippen molar-refractivity contribution in [2.24, 2.45) is 0 Å². The van der Waals surface area contributed by atoms with Gasteiger partial charge in [0.15, 0.2) is 0 Å². The summed E-state index contributed by atoms with van der Waals surface area (Å²) in [5.41, 5.74) is 5.83. The molecule has 53 heavy (non-hydrogen) atoms. The molecule has 3 atom stereocenters. The number of imidazole rings is 1. The van der Waals surface area contributed by atoms with Gasteiger partial charge in [-0.05, 0) is 81.8 Å². The van der Waals surface area contributed by atoms with Crippen LogP contribution in [0.15, 0.2) is 67.0 Å². The lowest BCUT2D eigenvalue weighted by Gasteiger charge is -2.43. The summed E-state index contributed by atoms with van der Waals surface area (Å²) >= 11 is 20.1. The van der Waals surface area contributed by atoms with Crippen LogP contribution >= 0.6 is 34.8 Å². The Morgan fingerprint density at radius 1 is 0.887 bits per heavy atom. The molecule has 3 aliphatic rings. The number of H-pyrrole nitrogens is 1. The van der Waals surface area contributed by atoms with Gasteiger partial charge in [-0.25, -0.2) is 9.78 Å². The highest BCUT2D eigenvalue weighted by Crippen LogP contribution is 2.50. The van der Waals surface area contributed by atoms with Crippen molar-refractivity contribution in [3.8, 4) is 22.5 Å². The van der Waals surface area contributed by atoms with Gasteiger partial charge in [-0.15, -0.1) is 0 Å². The van der Waals surface area contributed by atoms with Crippen LogP contribution in [-0.4, -0.2) is 68.3 Å². The molecule has 8 rings (SSSR count). The van der Waals surface area contributed by atoms with Crippen molar-refractivity contribution in [3.63, 3.8) is 0 Å². The number of carbonyl (C=O) groups is 2. The summed E-state index contributed by atoms with van der Waals surface area (Å²) in [5, 5.41) is 9.08. The first kappa shape index (κ1) is 36.0. The van der Waals surface area contributed by atoms with Gasteiger partial charge in [-0.3, -0.25) is 9.69 Å². The SMILES string of the molecule is CC(C)(C)OC(=O)NC1CCN(C2CCCCC2NC(=O)c2[nH]c3cc(Cl)cc4c3c2-c2c(-c3ccccc3)ncn2C4c2ccc(Cl)cc2Cl)CC1. The first-order chi connectivity index (χ1) is 25.4. The van der Waals surface area contributed by atoms with E-state index in [2.05, 4.69) is 25.1 Å². The Bertz CT molecular complexity index is 2180. The average Bonchev–Trinajstić information content (AvgIpc) is 3.72. The van der Waals surface area contributed by atoms with E-state index in [0.29, 0.717) is 20.8 Å². The molecule has 12 heteroatoms. The van der Waals surface area contributed by atoms with Gasteiger partial charge in [0.2, 0.25) is 0 Å². The number of nitrogens with zero attached hydrogens (tertiary/aromatic N) is 3. The molecule has 5 aromatic rings. The Morgan fingerprint density at radius 2 is 1.64 bits per heavy atom. The zero-order valence-corrected chi connectivity index (χ0v) is 32.3. The number of aromatic amines is 1. The van der Waals surface area contributed by atoms with Crippen molar-refractivity contribution in [1.29, 1.82) is 0 Å². The van der Waals surface area contributed by atoms with Gasteiger partial charge >= 0.3 is 6.09 Å². The molecule has 2 amide bonds. The van der Waals surface area contributed by atoms with E-state index >= 15 is 0 Å². The van der Waals surface area contributed by atoms with Crippen molar-refractivity contribution in [1.82, 2.24) is 30.1 Å². The van der Waals surface area contributed by atoms with Gasteiger partial charge < -0.3 is 24.9 Å². The molecule has 3 N–H and O–H groups in total. The van der Waals surface area contributed by atoms with Gasteiger partial charge in [0, 0.05) is 68.3 Å².